The number of amides is 4. The fraction of sp³-hybridized carbons (Fsp3) is 0.621. The van der Waals surface area contributed by atoms with Crippen LogP contribution in [-0.4, -0.2) is 66.5 Å². The standard InChI is InChI=1S/C29H46N4O7/c1-8-9-10-11-12-15-33(27(37)22(17-23(30)34)32-28(38)40-29(4,5)6)25(26(36)31-18-24(35)39-7)21-14-13-19(2)16-20(21)3/h13-14,16,22,25H,8-12,15,17-18H2,1-7H3,(H2,30,34)(H,31,36)(H,32,38). The van der Waals surface area contributed by atoms with Crippen molar-refractivity contribution in [1.29, 1.82) is 0 Å². The van der Waals surface area contributed by atoms with Gasteiger partial charge in [-0.1, -0.05) is 56.4 Å². The highest BCUT2D eigenvalue weighted by Gasteiger charge is 2.37. The Kier molecular flexibility index (Phi) is 14.2. The van der Waals surface area contributed by atoms with Gasteiger partial charge < -0.3 is 30.7 Å². The Morgan fingerprint density at radius 1 is 1.02 bits per heavy atom. The van der Waals surface area contributed by atoms with E-state index in [1.165, 1.54) is 12.0 Å². The lowest BCUT2D eigenvalue weighted by Crippen LogP contribution is -2.54. The molecule has 0 heterocycles. The normalized spacial score (nSPS) is 12.6. The van der Waals surface area contributed by atoms with Crippen LogP contribution in [0.15, 0.2) is 18.2 Å². The Morgan fingerprint density at radius 2 is 1.68 bits per heavy atom. The molecule has 40 heavy (non-hydrogen) atoms. The first kappa shape index (κ1) is 34.4. The van der Waals surface area contributed by atoms with E-state index in [1.807, 2.05) is 26.0 Å². The number of carbonyl (C=O) groups is 5. The fourth-order valence-electron chi connectivity index (χ4n) is 4.21. The molecule has 224 valence electrons. The summed E-state index contributed by atoms with van der Waals surface area (Å²) < 4.78 is 9.96. The van der Waals surface area contributed by atoms with Gasteiger partial charge in [0.15, 0.2) is 0 Å². The minimum Gasteiger partial charge on any atom is -0.468 e. The van der Waals surface area contributed by atoms with E-state index in [2.05, 4.69) is 22.3 Å². The van der Waals surface area contributed by atoms with Gasteiger partial charge in [-0.2, -0.15) is 0 Å². The number of primary amides is 1. The van der Waals surface area contributed by atoms with Gasteiger partial charge in [0.05, 0.1) is 13.5 Å². The van der Waals surface area contributed by atoms with Crippen LogP contribution in [0.25, 0.3) is 0 Å². The molecule has 1 aromatic rings. The van der Waals surface area contributed by atoms with Crippen molar-refractivity contribution in [3.8, 4) is 0 Å². The summed E-state index contributed by atoms with van der Waals surface area (Å²) in [5, 5.41) is 5.03. The molecule has 4 N–H and O–H groups in total. The number of nitrogens with zero attached hydrogens (tertiary/aromatic N) is 1. The van der Waals surface area contributed by atoms with Gasteiger partial charge in [-0.25, -0.2) is 4.79 Å². The quantitative estimate of drug-likeness (QED) is 0.219. The summed E-state index contributed by atoms with van der Waals surface area (Å²) in [5.74, 6) is -2.73. The average Bonchev–Trinajstić information content (AvgIpc) is 2.84. The zero-order chi connectivity index (χ0) is 30.5. The first-order valence-corrected chi connectivity index (χ1v) is 13.7. The van der Waals surface area contributed by atoms with Crippen LogP contribution in [0.2, 0.25) is 0 Å². The highest BCUT2D eigenvalue weighted by atomic mass is 16.6. The van der Waals surface area contributed by atoms with Crippen molar-refractivity contribution < 1.29 is 33.4 Å². The number of unbranched alkanes of at least 4 members (excludes halogenated alkanes) is 4. The lowest BCUT2D eigenvalue weighted by molar-refractivity contribution is -0.145. The zero-order valence-corrected chi connectivity index (χ0v) is 24.9. The monoisotopic (exact) mass is 562 g/mol. The number of carbonyl (C=O) groups excluding carboxylic acids is 5. The van der Waals surface area contributed by atoms with E-state index < -0.39 is 60.4 Å². The van der Waals surface area contributed by atoms with Crippen molar-refractivity contribution in [3.63, 3.8) is 0 Å². The van der Waals surface area contributed by atoms with Crippen LogP contribution in [0, 0.1) is 13.8 Å². The van der Waals surface area contributed by atoms with E-state index in [0.29, 0.717) is 12.0 Å². The van der Waals surface area contributed by atoms with Crippen molar-refractivity contribution in [1.82, 2.24) is 15.5 Å². The van der Waals surface area contributed by atoms with E-state index >= 15 is 0 Å². The summed E-state index contributed by atoms with van der Waals surface area (Å²) in [4.78, 5) is 65.4. The maximum atomic E-state index is 14.1. The molecule has 0 bridgehead atoms. The molecule has 0 spiro atoms. The molecule has 0 saturated carbocycles. The lowest BCUT2D eigenvalue weighted by Gasteiger charge is -2.35. The Morgan fingerprint density at radius 3 is 2.23 bits per heavy atom. The van der Waals surface area contributed by atoms with Gasteiger partial charge in [-0.15, -0.1) is 0 Å². The first-order chi connectivity index (χ1) is 18.7. The summed E-state index contributed by atoms with van der Waals surface area (Å²) in [6.45, 7) is 10.6. The molecule has 0 fully saturated rings. The number of ether oxygens (including phenoxy) is 2. The number of esters is 1. The summed E-state index contributed by atoms with van der Waals surface area (Å²) in [6.07, 6.45) is 3.00. The SMILES string of the molecule is CCCCCCCN(C(=O)C(CC(N)=O)NC(=O)OC(C)(C)C)C(C(=O)NCC(=O)OC)c1ccc(C)cc1C. The second-order valence-electron chi connectivity index (χ2n) is 10.9. The lowest BCUT2D eigenvalue weighted by atomic mass is 9.95. The number of methoxy groups -OCH3 is 1. The Hall–Kier alpha value is -3.63. The molecule has 2 unspecified atom stereocenters. The molecular formula is C29H46N4O7. The van der Waals surface area contributed by atoms with Crippen LogP contribution in [0.1, 0.15) is 89.0 Å². The minimum atomic E-state index is -1.37. The zero-order valence-electron chi connectivity index (χ0n) is 24.9. The predicted molar refractivity (Wildman–Crippen MR) is 151 cm³/mol. The maximum absolute atomic E-state index is 14.1. The number of hydrogen-bond donors (Lipinski definition) is 3. The van der Waals surface area contributed by atoms with Crippen LogP contribution < -0.4 is 16.4 Å². The van der Waals surface area contributed by atoms with E-state index in [9.17, 15) is 24.0 Å². The van der Waals surface area contributed by atoms with Crippen LogP contribution in [0.4, 0.5) is 4.79 Å². The van der Waals surface area contributed by atoms with Gasteiger partial charge in [0, 0.05) is 6.54 Å². The maximum Gasteiger partial charge on any atom is 0.408 e. The van der Waals surface area contributed by atoms with Crippen molar-refractivity contribution in [2.45, 2.75) is 97.8 Å². The molecular weight excluding hydrogens is 516 g/mol. The van der Waals surface area contributed by atoms with Crippen molar-refractivity contribution in [2.75, 3.05) is 20.2 Å². The van der Waals surface area contributed by atoms with Crippen LogP contribution in [-0.2, 0) is 28.7 Å². The van der Waals surface area contributed by atoms with Gasteiger partial charge in [0.2, 0.25) is 17.7 Å². The molecule has 11 nitrogen and oxygen atoms in total. The molecule has 0 aromatic heterocycles. The molecule has 2 atom stereocenters. The molecule has 1 rings (SSSR count). The number of aryl methyl sites for hydroxylation is 2. The van der Waals surface area contributed by atoms with E-state index in [0.717, 1.165) is 36.8 Å². The number of nitrogens with two attached hydrogens (primary N) is 1. The topological polar surface area (TPSA) is 157 Å². The number of benzene rings is 1. The third-order valence-electron chi connectivity index (χ3n) is 6.09. The molecule has 0 aliphatic heterocycles. The highest BCUT2D eigenvalue weighted by Crippen LogP contribution is 2.27. The van der Waals surface area contributed by atoms with Gasteiger partial charge in [0.25, 0.3) is 0 Å². The second-order valence-corrected chi connectivity index (χ2v) is 10.9. The number of nitrogens with one attached hydrogen (secondary N) is 2. The van der Waals surface area contributed by atoms with Crippen LogP contribution in [0.3, 0.4) is 0 Å². The Bertz CT molecular complexity index is 1040. The summed E-state index contributed by atoms with van der Waals surface area (Å²) in [7, 11) is 1.21. The average molecular weight is 563 g/mol. The van der Waals surface area contributed by atoms with Crippen molar-refractivity contribution in [3.05, 3.63) is 34.9 Å². The molecule has 1 aromatic carbocycles. The third-order valence-corrected chi connectivity index (χ3v) is 6.09. The van der Waals surface area contributed by atoms with Gasteiger partial charge in [0.1, 0.15) is 24.2 Å². The van der Waals surface area contributed by atoms with Crippen LogP contribution >= 0.6 is 0 Å². The van der Waals surface area contributed by atoms with Crippen LogP contribution in [0.5, 0.6) is 0 Å². The molecule has 4 amide bonds. The summed E-state index contributed by atoms with van der Waals surface area (Å²) in [5.41, 5.74) is 6.86. The Balaban J connectivity index is 3.56. The minimum absolute atomic E-state index is 0.164. The van der Waals surface area contributed by atoms with Crippen molar-refractivity contribution >= 4 is 29.8 Å². The highest BCUT2D eigenvalue weighted by molar-refractivity contribution is 5.95. The van der Waals surface area contributed by atoms with E-state index in [1.54, 1.807) is 26.8 Å². The number of rotatable bonds is 15. The first-order valence-electron chi connectivity index (χ1n) is 13.7. The Labute approximate surface area is 237 Å². The molecule has 0 radical (unpaired) electrons. The molecule has 0 aliphatic rings. The van der Waals surface area contributed by atoms with Gasteiger partial charge in [-0.05, 0) is 52.2 Å². The predicted octanol–water partition coefficient (Wildman–Crippen LogP) is 3.20. The number of hydrogen-bond acceptors (Lipinski definition) is 7. The third kappa shape index (κ3) is 12.0. The smallest absolute Gasteiger partial charge is 0.408 e. The largest absolute Gasteiger partial charge is 0.468 e. The van der Waals surface area contributed by atoms with Gasteiger partial charge in [-0.3, -0.25) is 19.2 Å². The molecule has 11 heteroatoms. The summed E-state index contributed by atoms with van der Waals surface area (Å²) >= 11 is 0. The molecule has 0 saturated heterocycles. The van der Waals surface area contributed by atoms with Gasteiger partial charge >= 0.3 is 12.1 Å². The van der Waals surface area contributed by atoms with E-state index in [-0.39, 0.29) is 6.54 Å². The molecule has 0 aliphatic carbocycles. The van der Waals surface area contributed by atoms with Crippen molar-refractivity contribution in [2.24, 2.45) is 5.73 Å². The summed E-state index contributed by atoms with van der Waals surface area (Å²) in [6, 6.07) is 2.95. The number of alkyl carbamates (subject to hydrolysis) is 1. The second kappa shape index (κ2) is 16.5. The van der Waals surface area contributed by atoms with E-state index in [4.69, 9.17) is 10.5 Å². The fourth-order valence-corrected chi connectivity index (χ4v) is 4.21.